The summed E-state index contributed by atoms with van der Waals surface area (Å²) in [6, 6.07) is 9.09. The van der Waals surface area contributed by atoms with Crippen LogP contribution in [0, 0.1) is 0 Å². The highest BCUT2D eigenvalue weighted by atomic mass is 16.5. The standard InChI is InChI=1S/C15H20N2O4/c1-11(15(19)20)16-14(18)13-10-17(7-8-21-13)9-12-5-3-2-4-6-12/h2-6,11,13H,7-10H2,1H3,(H,16,18)(H,19,20)/t11-,13?/m1/s1. The first-order valence-electron chi connectivity index (χ1n) is 6.97. The molecule has 1 unspecified atom stereocenters. The summed E-state index contributed by atoms with van der Waals surface area (Å²) in [6.07, 6.45) is -0.621. The van der Waals surface area contributed by atoms with E-state index < -0.39 is 18.1 Å². The molecule has 21 heavy (non-hydrogen) atoms. The highest BCUT2D eigenvalue weighted by Gasteiger charge is 2.28. The monoisotopic (exact) mass is 292 g/mol. The first kappa shape index (κ1) is 15.5. The summed E-state index contributed by atoms with van der Waals surface area (Å²) in [5.41, 5.74) is 1.18. The van der Waals surface area contributed by atoms with Crippen molar-refractivity contribution in [3.8, 4) is 0 Å². The molecule has 6 nitrogen and oxygen atoms in total. The molecule has 0 aromatic heterocycles. The molecule has 2 rings (SSSR count). The SMILES string of the molecule is C[C@@H](NC(=O)C1CN(Cc2ccccc2)CCO1)C(=O)O. The Labute approximate surface area is 123 Å². The molecule has 1 amide bonds. The minimum absolute atomic E-state index is 0.373. The Balaban J connectivity index is 1.88. The molecule has 2 atom stereocenters. The van der Waals surface area contributed by atoms with Gasteiger partial charge in [-0.2, -0.15) is 0 Å². The number of aliphatic carboxylic acids is 1. The quantitative estimate of drug-likeness (QED) is 0.825. The molecule has 6 heteroatoms. The summed E-state index contributed by atoms with van der Waals surface area (Å²) in [7, 11) is 0. The number of morpholine rings is 1. The highest BCUT2D eigenvalue weighted by Crippen LogP contribution is 2.10. The van der Waals surface area contributed by atoms with Gasteiger partial charge in [0.15, 0.2) is 0 Å². The van der Waals surface area contributed by atoms with E-state index in [4.69, 9.17) is 9.84 Å². The summed E-state index contributed by atoms with van der Waals surface area (Å²) < 4.78 is 5.44. The van der Waals surface area contributed by atoms with Crippen molar-refractivity contribution in [1.82, 2.24) is 10.2 Å². The number of hydrogen-bond acceptors (Lipinski definition) is 4. The second-order valence-corrected chi connectivity index (χ2v) is 5.15. The van der Waals surface area contributed by atoms with Gasteiger partial charge in [-0.3, -0.25) is 14.5 Å². The molecular weight excluding hydrogens is 272 g/mol. The summed E-state index contributed by atoms with van der Waals surface area (Å²) >= 11 is 0. The number of rotatable bonds is 5. The van der Waals surface area contributed by atoms with Gasteiger partial charge in [0.1, 0.15) is 12.1 Å². The van der Waals surface area contributed by atoms with Gasteiger partial charge in [-0.1, -0.05) is 30.3 Å². The maximum absolute atomic E-state index is 12.0. The zero-order chi connectivity index (χ0) is 15.2. The highest BCUT2D eigenvalue weighted by molar-refractivity contribution is 5.86. The van der Waals surface area contributed by atoms with Crippen LogP contribution in [0.15, 0.2) is 30.3 Å². The number of hydrogen-bond donors (Lipinski definition) is 2. The van der Waals surface area contributed by atoms with E-state index in [-0.39, 0.29) is 5.91 Å². The minimum atomic E-state index is -1.06. The predicted molar refractivity (Wildman–Crippen MR) is 76.7 cm³/mol. The molecule has 0 spiro atoms. The lowest BCUT2D eigenvalue weighted by Crippen LogP contribution is -2.52. The topological polar surface area (TPSA) is 78.9 Å². The van der Waals surface area contributed by atoms with E-state index in [0.717, 1.165) is 13.1 Å². The summed E-state index contributed by atoms with van der Waals surface area (Å²) in [4.78, 5) is 24.9. The minimum Gasteiger partial charge on any atom is -0.480 e. The third-order valence-electron chi connectivity index (χ3n) is 3.42. The number of ether oxygens (including phenoxy) is 1. The van der Waals surface area contributed by atoms with Crippen LogP contribution in [0.3, 0.4) is 0 Å². The Morgan fingerprint density at radius 2 is 2.14 bits per heavy atom. The van der Waals surface area contributed by atoms with Gasteiger partial charge in [-0.05, 0) is 12.5 Å². The lowest BCUT2D eigenvalue weighted by molar-refractivity contribution is -0.146. The number of carbonyl (C=O) groups is 2. The maximum Gasteiger partial charge on any atom is 0.325 e. The molecule has 0 radical (unpaired) electrons. The average molecular weight is 292 g/mol. The van der Waals surface area contributed by atoms with Gasteiger partial charge in [0.2, 0.25) is 0 Å². The average Bonchev–Trinajstić information content (AvgIpc) is 2.48. The Kier molecular flexibility index (Phi) is 5.30. The van der Waals surface area contributed by atoms with E-state index in [1.54, 1.807) is 0 Å². The molecular formula is C15H20N2O4. The molecule has 1 heterocycles. The largest absolute Gasteiger partial charge is 0.480 e. The van der Waals surface area contributed by atoms with Crippen LogP contribution in [0.5, 0.6) is 0 Å². The Morgan fingerprint density at radius 1 is 1.43 bits per heavy atom. The number of carboxylic acid groups (broad SMARTS) is 1. The number of carboxylic acids is 1. The molecule has 114 valence electrons. The summed E-state index contributed by atoms with van der Waals surface area (Å²) in [6.45, 7) is 3.87. The lowest BCUT2D eigenvalue weighted by Gasteiger charge is -2.32. The molecule has 1 fully saturated rings. The smallest absolute Gasteiger partial charge is 0.325 e. The third-order valence-corrected chi connectivity index (χ3v) is 3.42. The van der Waals surface area contributed by atoms with Crippen molar-refractivity contribution in [3.63, 3.8) is 0 Å². The summed E-state index contributed by atoms with van der Waals surface area (Å²) in [5, 5.41) is 11.3. The normalized spacial score (nSPS) is 20.7. The van der Waals surface area contributed by atoms with Gasteiger partial charge in [-0.25, -0.2) is 0 Å². The van der Waals surface area contributed by atoms with E-state index in [1.165, 1.54) is 12.5 Å². The molecule has 1 saturated heterocycles. The van der Waals surface area contributed by atoms with Crippen LogP contribution in [-0.4, -0.2) is 53.7 Å². The van der Waals surface area contributed by atoms with Crippen LogP contribution in [-0.2, 0) is 20.9 Å². The number of amides is 1. The van der Waals surface area contributed by atoms with Gasteiger partial charge in [-0.15, -0.1) is 0 Å². The molecule has 1 aromatic rings. The van der Waals surface area contributed by atoms with Crippen molar-refractivity contribution in [3.05, 3.63) is 35.9 Å². The van der Waals surface area contributed by atoms with Gasteiger partial charge in [0, 0.05) is 19.6 Å². The fourth-order valence-corrected chi connectivity index (χ4v) is 2.21. The van der Waals surface area contributed by atoms with Crippen molar-refractivity contribution in [2.75, 3.05) is 19.7 Å². The fraction of sp³-hybridized carbons (Fsp3) is 0.467. The first-order chi connectivity index (χ1) is 10.1. The van der Waals surface area contributed by atoms with Crippen LogP contribution in [0.1, 0.15) is 12.5 Å². The van der Waals surface area contributed by atoms with E-state index in [9.17, 15) is 9.59 Å². The molecule has 1 aromatic carbocycles. The lowest BCUT2D eigenvalue weighted by atomic mass is 10.2. The van der Waals surface area contributed by atoms with Crippen molar-refractivity contribution < 1.29 is 19.4 Å². The number of nitrogens with zero attached hydrogens (tertiary/aromatic N) is 1. The van der Waals surface area contributed by atoms with Crippen molar-refractivity contribution >= 4 is 11.9 Å². The molecule has 2 N–H and O–H groups in total. The zero-order valence-electron chi connectivity index (χ0n) is 12.0. The molecule has 0 saturated carbocycles. The predicted octanol–water partition coefficient (Wildman–Crippen LogP) is 0.477. The van der Waals surface area contributed by atoms with Crippen LogP contribution in [0.25, 0.3) is 0 Å². The fourth-order valence-electron chi connectivity index (χ4n) is 2.21. The van der Waals surface area contributed by atoms with E-state index in [0.29, 0.717) is 13.2 Å². The van der Waals surface area contributed by atoms with Gasteiger partial charge in [0.05, 0.1) is 6.61 Å². The number of benzene rings is 1. The van der Waals surface area contributed by atoms with E-state index in [1.807, 2.05) is 30.3 Å². The Hall–Kier alpha value is -1.92. The molecule has 1 aliphatic rings. The Morgan fingerprint density at radius 3 is 2.81 bits per heavy atom. The number of carbonyl (C=O) groups excluding carboxylic acids is 1. The van der Waals surface area contributed by atoms with Gasteiger partial charge in [0.25, 0.3) is 5.91 Å². The maximum atomic E-state index is 12.0. The summed E-state index contributed by atoms with van der Waals surface area (Å²) in [5.74, 6) is -1.43. The van der Waals surface area contributed by atoms with Crippen LogP contribution >= 0.6 is 0 Å². The molecule has 0 bridgehead atoms. The van der Waals surface area contributed by atoms with Crippen LogP contribution < -0.4 is 5.32 Å². The van der Waals surface area contributed by atoms with Gasteiger partial charge >= 0.3 is 5.97 Å². The molecule has 0 aliphatic carbocycles. The third kappa shape index (κ3) is 4.54. The van der Waals surface area contributed by atoms with Gasteiger partial charge < -0.3 is 15.2 Å². The second kappa shape index (κ2) is 7.19. The van der Waals surface area contributed by atoms with E-state index in [2.05, 4.69) is 10.2 Å². The first-order valence-corrected chi connectivity index (χ1v) is 6.97. The zero-order valence-corrected chi connectivity index (χ0v) is 12.0. The van der Waals surface area contributed by atoms with Crippen LogP contribution in [0.4, 0.5) is 0 Å². The molecule has 1 aliphatic heterocycles. The van der Waals surface area contributed by atoms with Crippen molar-refractivity contribution in [2.45, 2.75) is 25.6 Å². The van der Waals surface area contributed by atoms with E-state index >= 15 is 0 Å². The Bertz CT molecular complexity index is 492. The number of nitrogens with one attached hydrogen (secondary N) is 1. The van der Waals surface area contributed by atoms with Crippen LogP contribution in [0.2, 0.25) is 0 Å². The van der Waals surface area contributed by atoms with Crippen molar-refractivity contribution in [2.24, 2.45) is 0 Å². The van der Waals surface area contributed by atoms with Crippen molar-refractivity contribution in [1.29, 1.82) is 0 Å². The second-order valence-electron chi connectivity index (χ2n) is 5.15.